The van der Waals surface area contributed by atoms with Crippen LogP contribution in [0, 0.1) is 17.6 Å². The van der Waals surface area contributed by atoms with Crippen LogP contribution in [-0.2, 0) is 20.9 Å². The molecule has 0 bridgehead atoms. The minimum atomic E-state index is -1.19. The number of hydrogen-bond acceptors (Lipinski definition) is 7. The number of benzene rings is 1. The molecule has 0 fully saturated rings. The number of aliphatic hydroxyl groups is 1. The van der Waals surface area contributed by atoms with E-state index < -0.39 is 47.6 Å². The van der Waals surface area contributed by atoms with Crippen molar-refractivity contribution in [1.82, 2.24) is 15.5 Å². The molecule has 14 heteroatoms. The fraction of sp³-hybridized carbons (Fsp3) is 0.500. The predicted molar refractivity (Wildman–Crippen MR) is 125 cm³/mol. The Morgan fingerprint density at radius 1 is 1.29 bits per heavy atom. The van der Waals surface area contributed by atoms with E-state index in [-0.39, 0.29) is 34.8 Å². The third-order valence-electron chi connectivity index (χ3n) is 4.90. The molecule has 2 rings (SSSR count). The molecule has 34 heavy (non-hydrogen) atoms. The zero-order chi connectivity index (χ0) is 25.4. The second-order valence-corrected chi connectivity index (χ2v) is 9.07. The minimum absolute atomic E-state index is 0.158. The first-order chi connectivity index (χ1) is 16.1. The van der Waals surface area contributed by atoms with Crippen molar-refractivity contribution in [2.45, 2.75) is 38.4 Å². The van der Waals surface area contributed by atoms with Gasteiger partial charge in [0.2, 0.25) is 17.7 Å². The molecule has 0 saturated carbocycles. The van der Waals surface area contributed by atoms with E-state index in [1.165, 1.54) is 0 Å². The van der Waals surface area contributed by atoms with Gasteiger partial charge in [0.1, 0.15) is 29.5 Å². The Bertz CT molecular complexity index is 927. The van der Waals surface area contributed by atoms with Gasteiger partial charge in [-0.25, -0.2) is 13.6 Å². The van der Waals surface area contributed by atoms with E-state index in [9.17, 15) is 28.3 Å². The standard InChI is InChI=1S/C20H26BrF2N5O5S/c1-3-28(4-2)15(30)7-11(29)8-25-20(32)26-19-16(17(24)31)18(27-34-19)33-9-12-13(22)5-10(21)6-14(12)23/h5-6,11,16,19,29H,3-4,7-9H2,1-2H3,(H2,24,31)(H2,25,26,32). The molecule has 1 aliphatic heterocycles. The lowest BCUT2D eigenvalue weighted by molar-refractivity contribution is -0.132. The third kappa shape index (κ3) is 7.53. The van der Waals surface area contributed by atoms with Crippen LogP contribution in [0.2, 0.25) is 0 Å². The fourth-order valence-corrected chi connectivity index (χ4v) is 4.40. The monoisotopic (exact) mass is 565 g/mol. The Kier molecular flexibility index (Phi) is 10.5. The van der Waals surface area contributed by atoms with Crippen molar-refractivity contribution in [3.63, 3.8) is 0 Å². The van der Waals surface area contributed by atoms with Crippen molar-refractivity contribution in [2.24, 2.45) is 16.0 Å². The van der Waals surface area contributed by atoms with Crippen molar-refractivity contribution >= 4 is 51.6 Å². The van der Waals surface area contributed by atoms with E-state index in [1.807, 2.05) is 13.8 Å². The second-order valence-electron chi connectivity index (χ2n) is 7.25. The molecule has 3 atom stereocenters. The van der Waals surface area contributed by atoms with Crippen LogP contribution in [-0.4, -0.2) is 64.9 Å². The number of nitrogens with zero attached hydrogens (tertiary/aromatic N) is 2. The highest BCUT2D eigenvalue weighted by Crippen LogP contribution is 2.30. The van der Waals surface area contributed by atoms with Gasteiger partial charge in [-0.2, -0.15) is 4.40 Å². The maximum absolute atomic E-state index is 14.0. The molecule has 1 aromatic rings. The lowest BCUT2D eigenvalue weighted by Crippen LogP contribution is -2.49. The zero-order valence-electron chi connectivity index (χ0n) is 18.5. The summed E-state index contributed by atoms with van der Waals surface area (Å²) in [6.45, 7) is 3.91. The average Bonchev–Trinajstić information content (AvgIpc) is 3.15. The van der Waals surface area contributed by atoms with Crippen molar-refractivity contribution in [3.8, 4) is 0 Å². The molecule has 1 aromatic carbocycles. The Labute approximate surface area is 207 Å². The summed E-state index contributed by atoms with van der Waals surface area (Å²) in [6, 6.07) is 1.40. The lowest BCUT2D eigenvalue weighted by atomic mass is 10.1. The van der Waals surface area contributed by atoms with Crippen LogP contribution in [0.1, 0.15) is 25.8 Å². The largest absolute Gasteiger partial charge is 0.475 e. The number of rotatable bonds is 10. The fourth-order valence-electron chi connectivity index (χ4n) is 3.08. The first-order valence-corrected chi connectivity index (χ1v) is 12.0. The molecule has 5 N–H and O–H groups in total. The van der Waals surface area contributed by atoms with Crippen LogP contribution in [0.15, 0.2) is 21.0 Å². The Morgan fingerprint density at radius 2 is 1.91 bits per heavy atom. The maximum atomic E-state index is 14.0. The molecule has 4 amide bonds. The first kappa shape index (κ1) is 27.8. The van der Waals surface area contributed by atoms with Gasteiger partial charge in [-0.05, 0) is 26.0 Å². The topological polar surface area (TPSA) is 146 Å². The van der Waals surface area contributed by atoms with E-state index >= 15 is 0 Å². The second kappa shape index (κ2) is 12.9. The van der Waals surface area contributed by atoms with E-state index in [4.69, 9.17) is 10.5 Å². The normalized spacial score (nSPS) is 18.1. The quantitative estimate of drug-likeness (QED) is 0.317. The summed E-state index contributed by atoms with van der Waals surface area (Å²) in [5.41, 5.74) is 5.05. The molecule has 0 spiro atoms. The highest BCUT2D eigenvalue weighted by atomic mass is 79.9. The molecule has 1 heterocycles. The van der Waals surface area contributed by atoms with Gasteiger partial charge in [0.05, 0.1) is 18.1 Å². The molecular weight excluding hydrogens is 540 g/mol. The SMILES string of the molecule is CCN(CC)C(=O)CC(O)CNC(=O)NC1SN=C(OCc2c(F)cc(Br)cc2F)C1C(N)=O. The molecule has 1 aliphatic rings. The Hall–Kier alpha value is -2.45. The summed E-state index contributed by atoms with van der Waals surface area (Å²) < 4.78 is 37.5. The summed E-state index contributed by atoms with van der Waals surface area (Å²) in [7, 11) is 0. The number of aliphatic hydroxyl groups excluding tert-OH is 1. The van der Waals surface area contributed by atoms with Crippen LogP contribution < -0.4 is 16.4 Å². The average molecular weight is 566 g/mol. The molecule has 188 valence electrons. The summed E-state index contributed by atoms with van der Waals surface area (Å²) in [5.74, 6) is -4.17. The van der Waals surface area contributed by atoms with Gasteiger partial charge in [0, 0.05) is 36.1 Å². The summed E-state index contributed by atoms with van der Waals surface area (Å²) >= 11 is 3.77. The van der Waals surface area contributed by atoms with E-state index in [2.05, 4.69) is 31.0 Å². The Balaban J connectivity index is 1.89. The van der Waals surface area contributed by atoms with Crippen LogP contribution in [0.5, 0.6) is 0 Å². The van der Waals surface area contributed by atoms with Gasteiger partial charge in [0.25, 0.3) is 0 Å². The molecular formula is C20H26BrF2N5O5S. The number of urea groups is 1. The molecule has 10 nitrogen and oxygen atoms in total. The van der Waals surface area contributed by atoms with Crippen molar-refractivity contribution in [2.75, 3.05) is 19.6 Å². The molecule has 3 unspecified atom stereocenters. The highest BCUT2D eigenvalue weighted by molar-refractivity contribution is 9.10. The number of primary amides is 1. The summed E-state index contributed by atoms with van der Waals surface area (Å²) in [6.07, 6.45) is -1.26. The molecule has 0 aromatic heterocycles. The number of carbonyl (C=O) groups is 3. The number of amides is 4. The third-order valence-corrected chi connectivity index (χ3v) is 6.26. The number of ether oxygens (including phenoxy) is 1. The van der Waals surface area contributed by atoms with E-state index in [1.54, 1.807) is 4.90 Å². The number of nitrogens with two attached hydrogens (primary N) is 1. The van der Waals surface area contributed by atoms with Gasteiger partial charge >= 0.3 is 6.03 Å². The van der Waals surface area contributed by atoms with E-state index in [0.29, 0.717) is 13.1 Å². The van der Waals surface area contributed by atoms with Crippen LogP contribution in [0.25, 0.3) is 0 Å². The van der Waals surface area contributed by atoms with Gasteiger partial charge in [-0.3, -0.25) is 9.59 Å². The van der Waals surface area contributed by atoms with Crippen LogP contribution >= 0.6 is 27.9 Å². The van der Waals surface area contributed by atoms with Gasteiger partial charge < -0.3 is 31.1 Å². The van der Waals surface area contributed by atoms with Gasteiger partial charge in [0.15, 0.2) is 0 Å². The van der Waals surface area contributed by atoms with Crippen LogP contribution in [0.4, 0.5) is 13.6 Å². The highest BCUT2D eigenvalue weighted by Gasteiger charge is 2.40. The molecule has 0 aliphatic carbocycles. The van der Waals surface area contributed by atoms with Crippen LogP contribution in [0.3, 0.4) is 0 Å². The first-order valence-electron chi connectivity index (χ1n) is 10.4. The maximum Gasteiger partial charge on any atom is 0.315 e. The van der Waals surface area contributed by atoms with Gasteiger partial charge in [-0.1, -0.05) is 15.9 Å². The smallest absolute Gasteiger partial charge is 0.315 e. The lowest BCUT2D eigenvalue weighted by Gasteiger charge is -2.21. The Morgan fingerprint density at radius 3 is 2.47 bits per heavy atom. The molecule has 0 saturated heterocycles. The number of nitrogens with one attached hydrogen (secondary N) is 2. The van der Waals surface area contributed by atoms with Gasteiger partial charge in [-0.15, -0.1) is 0 Å². The van der Waals surface area contributed by atoms with E-state index in [0.717, 1.165) is 24.1 Å². The zero-order valence-corrected chi connectivity index (χ0v) is 20.9. The number of halogens is 3. The van der Waals surface area contributed by atoms with Crippen molar-refractivity contribution in [1.29, 1.82) is 0 Å². The predicted octanol–water partition coefficient (Wildman–Crippen LogP) is 1.65. The summed E-state index contributed by atoms with van der Waals surface area (Å²) in [4.78, 5) is 37.7. The minimum Gasteiger partial charge on any atom is -0.475 e. The molecule has 0 radical (unpaired) electrons. The number of hydrogen-bond donors (Lipinski definition) is 4. The van der Waals surface area contributed by atoms with Crippen molar-refractivity contribution in [3.05, 3.63) is 33.8 Å². The number of carbonyl (C=O) groups excluding carboxylic acids is 3. The summed E-state index contributed by atoms with van der Waals surface area (Å²) in [5, 5.41) is 14.0. The van der Waals surface area contributed by atoms with Crippen molar-refractivity contribution < 1.29 is 33.0 Å².